The van der Waals surface area contributed by atoms with Crippen LogP contribution in [0.3, 0.4) is 0 Å². The van der Waals surface area contributed by atoms with Gasteiger partial charge in [0.2, 0.25) is 0 Å². The van der Waals surface area contributed by atoms with Gasteiger partial charge in [-0.15, -0.1) is 68.0 Å². The average Bonchev–Trinajstić information content (AvgIpc) is 3.82. The van der Waals surface area contributed by atoms with Gasteiger partial charge in [-0.25, -0.2) is 0 Å². The van der Waals surface area contributed by atoms with E-state index in [0.717, 1.165) is 0 Å². The van der Waals surface area contributed by atoms with E-state index in [2.05, 4.69) is 138 Å². The van der Waals surface area contributed by atoms with E-state index in [-0.39, 0.29) is 0 Å². The number of halogens is 4. The lowest BCUT2D eigenvalue weighted by molar-refractivity contribution is 1.64. The molecule has 10 heteroatoms. The first-order valence-corrected chi connectivity index (χ1v) is 20.8. The standard InChI is InChI=1S/C32H16Br4S6/c1-13-3-9-19(37-13)15-5-7-17-21(11-15)39-27(23(17)33)29-25(35)31-32(41-29)26(36)30(42-31)28-24(34)18-8-6-16(12-22(18)40-28)20-10-4-14(2)38-20/h3-12H,1-2H3. The maximum Gasteiger partial charge on any atom is 0.0618 e. The molecule has 6 heterocycles. The molecular formula is C32H16Br4S6. The maximum atomic E-state index is 4.02. The van der Waals surface area contributed by atoms with Crippen molar-refractivity contribution in [1.82, 2.24) is 0 Å². The van der Waals surface area contributed by atoms with E-state index in [1.165, 1.54) is 97.6 Å². The molecule has 0 radical (unpaired) electrons. The lowest BCUT2D eigenvalue weighted by atomic mass is 10.1. The van der Waals surface area contributed by atoms with Gasteiger partial charge >= 0.3 is 0 Å². The molecule has 0 spiro atoms. The fourth-order valence-corrected chi connectivity index (χ4v) is 16.2. The number of aryl methyl sites for hydroxylation is 2. The highest BCUT2D eigenvalue weighted by Crippen LogP contribution is 2.58. The summed E-state index contributed by atoms with van der Waals surface area (Å²) in [5.74, 6) is 0. The first-order valence-electron chi connectivity index (χ1n) is 12.8. The minimum atomic E-state index is 1.17. The van der Waals surface area contributed by atoms with Gasteiger partial charge in [0.25, 0.3) is 0 Å². The third-order valence-corrected chi connectivity index (χ3v) is 19.2. The highest BCUT2D eigenvalue weighted by Gasteiger charge is 2.25. The highest BCUT2D eigenvalue weighted by molar-refractivity contribution is 9.11. The molecular weight excluding hydrogens is 896 g/mol. The molecule has 0 atom stereocenters. The van der Waals surface area contributed by atoms with Crippen LogP contribution in [-0.2, 0) is 0 Å². The van der Waals surface area contributed by atoms with Crippen molar-refractivity contribution < 1.29 is 0 Å². The molecule has 0 aliphatic heterocycles. The SMILES string of the molecule is Cc1ccc(-c2ccc3c(Br)c(-c4sc5c(Br)c(-c6sc7cc(-c8ccc(C)s8)ccc7c6Br)sc5c4Br)sc3c2)s1. The second kappa shape index (κ2) is 11.0. The summed E-state index contributed by atoms with van der Waals surface area (Å²) in [6.45, 7) is 4.33. The topological polar surface area (TPSA) is 0 Å². The van der Waals surface area contributed by atoms with Gasteiger partial charge in [-0.05, 0) is 125 Å². The minimum absolute atomic E-state index is 1.17. The average molecular weight is 912 g/mol. The van der Waals surface area contributed by atoms with Crippen molar-refractivity contribution >= 4 is 161 Å². The van der Waals surface area contributed by atoms with Gasteiger partial charge in [0.1, 0.15) is 0 Å². The number of fused-ring (bicyclic) bond motifs is 3. The maximum absolute atomic E-state index is 4.02. The Morgan fingerprint density at radius 1 is 0.429 bits per heavy atom. The van der Waals surface area contributed by atoms with Crippen LogP contribution in [0.2, 0.25) is 0 Å². The van der Waals surface area contributed by atoms with E-state index >= 15 is 0 Å². The Morgan fingerprint density at radius 2 is 0.833 bits per heavy atom. The van der Waals surface area contributed by atoms with E-state index in [9.17, 15) is 0 Å². The molecule has 8 rings (SSSR count). The predicted octanol–water partition coefficient (Wildman–Crippen LogP) is 15.9. The second-order valence-corrected chi connectivity index (χ2v) is 19.8. The molecule has 0 saturated heterocycles. The Bertz CT molecular complexity index is 2170. The minimum Gasteiger partial charge on any atom is -0.141 e. The molecule has 42 heavy (non-hydrogen) atoms. The third-order valence-electron chi connectivity index (χ3n) is 7.13. The van der Waals surface area contributed by atoms with Crippen molar-refractivity contribution in [2.75, 3.05) is 0 Å². The summed E-state index contributed by atoms with van der Waals surface area (Å²) in [7, 11) is 0. The molecule has 0 saturated carbocycles. The highest BCUT2D eigenvalue weighted by atomic mass is 79.9. The smallest absolute Gasteiger partial charge is 0.0618 e. The molecule has 0 fully saturated rings. The summed E-state index contributed by atoms with van der Waals surface area (Å²) < 4.78 is 9.87. The largest absolute Gasteiger partial charge is 0.141 e. The number of benzene rings is 2. The van der Waals surface area contributed by atoms with Crippen LogP contribution < -0.4 is 0 Å². The zero-order valence-electron chi connectivity index (χ0n) is 21.7. The summed E-state index contributed by atoms with van der Waals surface area (Å²) >= 11 is 27.1. The van der Waals surface area contributed by atoms with Crippen LogP contribution >= 0.6 is 132 Å². The van der Waals surface area contributed by atoms with Crippen LogP contribution in [0.5, 0.6) is 0 Å². The number of rotatable bonds is 4. The summed E-state index contributed by atoms with van der Waals surface area (Å²) in [5.41, 5.74) is 2.57. The Balaban J connectivity index is 1.21. The van der Waals surface area contributed by atoms with E-state index in [0.29, 0.717) is 0 Å². The van der Waals surface area contributed by atoms with Gasteiger partial charge < -0.3 is 0 Å². The van der Waals surface area contributed by atoms with Gasteiger partial charge in [0, 0.05) is 48.6 Å². The van der Waals surface area contributed by atoms with Crippen molar-refractivity contribution in [3.63, 3.8) is 0 Å². The van der Waals surface area contributed by atoms with Gasteiger partial charge in [-0.2, -0.15) is 0 Å². The second-order valence-electron chi connectivity index (χ2n) is 9.88. The molecule has 8 aromatic rings. The Kier molecular flexibility index (Phi) is 7.54. The van der Waals surface area contributed by atoms with Crippen molar-refractivity contribution in [2.45, 2.75) is 13.8 Å². The molecule has 0 aliphatic carbocycles. The molecule has 208 valence electrons. The van der Waals surface area contributed by atoms with Gasteiger partial charge in [-0.3, -0.25) is 0 Å². The summed E-state index contributed by atoms with van der Waals surface area (Å²) in [5, 5.41) is 2.53. The van der Waals surface area contributed by atoms with E-state index < -0.39 is 0 Å². The van der Waals surface area contributed by atoms with Crippen molar-refractivity contribution in [2.24, 2.45) is 0 Å². The lowest BCUT2D eigenvalue weighted by Gasteiger charge is -1.99. The monoisotopic (exact) mass is 908 g/mol. The predicted molar refractivity (Wildman–Crippen MR) is 208 cm³/mol. The summed E-state index contributed by atoms with van der Waals surface area (Å²) in [4.78, 5) is 10.4. The summed E-state index contributed by atoms with van der Waals surface area (Å²) in [6.07, 6.45) is 0. The zero-order chi connectivity index (χ0) is 28.9. The molecule has 0 amide bonds. The Morgan fingerprint density at radius 3 is 1.21 bits per heavy atom. The Hall–Kier alpha value is -0.660. The van der Waals surface area contributed by atoms with Crippen LogP contribution in [-0.4, -0.2) is 0 Å². The fraction of sp³-hybridized carbons (Fsp3) is 0.0625. The number of thiophene rings is 6. The first kappa shape index (κ1) is 28.8. The molecule has 6 aromatic heterocycles. The van der Waals surface area contributed by atoms with Crippen molar-refractivity contribution in [3.05, 3.63) is 88.3 Å². The van der Waals surface area contributed by atoms with Crippen LogP contribution in [0.15, 0.2) is 78.6 Å². The fourth-order valence-electron chi connectivity index (χ4n) is 5.08. The van der Waals surface area contributed by atoms with E-state index in [1.54, 1.807) is 0 Å². The van der Waals surface area contributed by atoms with Crippen molar-refractivity contribution in [1.29, 1.82) is 0 Å². The lowest BCUT2D eigenvalue weighted by Crippen LogP contribution is -1.72. The van der Waals surface area contributed by atoms with Crippen LogP contribution in [0.4, 0.5) is 0 Å². The van der Waals surface area contributed by atoms with Crippen molar-refractivity contribution in [3.8, 4) is 40.4 Å². The van der Waals surface area contributed by atoms with E-state index in [4.69, 9.17) is 0 Å². The zero-order valence-corrected chi connectivity index (χ0v) is 33.0. The number of hydrogen-bond acceptors (Lipinski definition) is 6. The summed E-state index contributed by atoms with van der Waals surface area (Å²) in [6, 6.07) is 22.5. The molecule has 0 aliphatic rings. The number of hydrogen-bond donors (Lipinski definition) is 0. The molecule has 0 N–H and O–H groups in total. The van der Waals surface area contributed by atoms with Crippen LogP contribution in [0.25, 0.3) is 70.0 Å². The normalized spacial score (nSPS) is 12.0. The first-order chi connectivity index (χ1) is 20.3. The molecule has 2 aromatic carbocycles. The quantitative estimate of drug-likeness (QED) is 0.165. The van der Waals surface area contributed by atoms with Crippen LogP contribution in [0.1, 0.15) is 9.75 Å². The van der Waals surface area contributed by atoms with Gasteiger partial charge in [0.05, 0.1) is 37.9 Å². The van der Waals surface area contributed by atoms with Gasteiger partial charge in [-0.1, -0.05) is 24.3 Å². The third kappa shape index (κ3) is 4.66. The molecule has 0 unspecified atom stereocenters. The molecule has 0 nitrogen and oxygen atoms in total. The molecule has 0 bridgehead atoms. The Labute approximate surface area is 300 Å². The van der Waals surface area contributed by atoms with Gasteiger partial charge in [0.15, 0.2) is 0 Å². The van der Waals surface area contributed by atoms with E-state index in [1.807, 2.05) is 68.0 Å². The van der Waals surface area contributed by atoms with Crippen LogP contribution in [0, 0.1) is 13.8 Å².